The highest BCUT2D eigenvalue weighted by atomic mass is 15.2. The van der Waals surface area contributed by atoms with Gasteiger partial charge in [0.2, 0.25) is 0 Å². The van der Waals surface area contributed by atoms with E-state index in [-0.39, 0.29) is 0 Å². The molecule has 0 unspecified atom stereocenters. The Balaban J connectivity index is 2.42. The van der Waals surface area contributed by atoms with Crippen molar-refractivity contribution in [3.05, 3.63) is 53.7 Å². The quantitative estimate of drug-likeness (QED) is 0.821. The first kappa shape index (κ1) is 12.1. The third-order valence-electron chi connectivity index (χ3n) is 2.76. The zero-order valence-electron chi connectivity index (χ0n) is 10.6. The minimum atomic E-state index is 0.443. The van der Waals surface area contributed by atoms with Gasteiger partial charge in [-0.15, -0.1) is 0 Å². The second kappa shape index (κ2) is 5.33. The average Bonchev–Trinajstić information content (AvgIpc) is 2.40. The van der Waals surface area contributed by atoms with Gasteiger partial charge in [-0.1, -0.05) is 18.2 Å². The van der Waals surface area contributed by atoms with Crippen LogP contribution in [0.3, 0.4) is 0 Å². The maximum Gasteiger partial charge on any atom is 0.142 e. The molecule has 18 heavy (non-hydrogen) atoms. The number of rotatable bonds is 3. The molecule has 0 aliphatic rings. The summed E-state index contributed by atoms with van der Waals surface area (Å²) in [5.74, 6) is 0.808. The molecule has 0 radical (unpaired) electrons. The van der Waals surface area contributed by atoms with Crippen molar-refractivity contribution in [2.75, 3.05) is 11.4 Å². The Kier molecular flexibility index (Phi) is 3.59. The molecule has 0 amide bonds. The van der Waals surface area contributed by atoms with Crippen molar-refractivity contribution in [2.24, 2.45) is 0 Å². The molecule has 0 aliphatic heterocycles. The Morgan fingerprint density at radius 1 is 1.22 bits per heavy atom. The molecule has 0 bridgehead atoms. The highest BCUT2D eigenvalue weighted by Gasteiger charge is 2.09. The Labute approximate surface area is 107 Å². The van der Waals surface area contributed by atoms with E-state index in [1.165, 1.54) is 5.56 Å². The molecule has 0 spiro atoms. The van der Waals surface area contributed by atoms with E-state index in [9.17, 15) is 0 Å². The maximum absolute atomic E-state index is 8.90. The SMILES string of the molecule is CCN(c1cccc(C)c1)c1cccc(C#N)n1. The molecule has 0 aliphatic carbocycles. The fourth-order valence-electron chi connectivity index (χ4n) is 1.91. The summed E-state index contributed by atoms with van der Waals surface area (Å²) in [6, 6.07) is 15.8. The molecular formula is C15H15N3. The predicted molar refractivity (Wildman–Crippen MR) is 72.8 cm³/mol. The number of pyridine rings is 1. The number of nitrogens with zero attached hydrogens (tertiary/aromatic N) is 3. The molecule has 0 saturated carbocycles. The zero-order chi connectivity index (χ0) is 13.0. The molecule has 2 aromatic rings. The fraction of sp³-hybridized carbons (Fsp3) is 0.200. The fourth-order valence-corrected chi connectivity index (χ4v) is 1.91. The standard InChI is InChI=1S/C15H15N3/c1-3-18(14-8-4-6-12(2)10-14)15-9-5-7-13(11-16)17-15/h4-10H,3H2,1-2H3. The van der Waals surface area contributed by atoms with Gasteiger partial charge in [-0.05, 0) is 43.7 Å². The van der Waals surface area contributed by atoms with Crippen molar-refractivity contribution in [1.82, 2.24) is 4.98 Å². The second-order valence-corrected chi connectivity index (χ2v) is 4.08. The number of benzene rings is 1. The van der Waals surface area contributed by atoms with Gasteiger partial charge in [0.1, 0.15) is 17.6 Å². The van der Waals surface area contributed by atoms with Crippen LogP contribution in [0.2, 0.25) is 0 Å². The summed E-state index contributed by atoms with van der Waals surface area (Å²) in [5.41, 5.74) is 2.75. The Morgan fingerprint density at radius 3 is 2.67 bits per heavy atom. The van der Waals surface area contributed by atoms with Gasteiger partial charge in [-0.3, -0.25) is 0 Å². The van der Waals surface area contributed by atoms with E-state index in [0.717, 1.165) is 18.1 Å². The van der Waals surface area contributed by atoms with E-state index in [0.29, 0.717) is 5.69 Å². The van der Waals surface area contributed by atoms with Gasteiger partial charge < -0.3 is 4.90 Å². The molecule has 0 saturated heterocycles. The van der Waals surface area contributed by atoms with Crippen molar-refractivity contribution in [1.29, 1.82) is 5.26 Å². The number of aryl methyl sites for hydroxylation is 1. The van der Waals surface area contributed by atoms with Gasteiger partial charge in [-0.2, -0.15) is 5.26 Å². The predicted octanol–water partition coefficient (Wildman–Crippen LogP) is 3.42. The summed E-state index contributed by atoms with van der Waals surface area (Å²) in [6.07, 6.45) is 0. The lowest BCUT2D eigenvalue weighted by Gasteiger charge is -2.22. The Bertz CT molecular complexity index is 584. The summed E-state index contributed by atoms with van der Waals surface area (Å²) in [7, 11) is 0. The van der Waals surface area contributed by atoms with Gasteiger partial charge >= 0.3 is 0 Å². The number of aromatic nitrogens is 1. The van der Waals surface area contributed by atoms with Crippen molar-refractivity contribution in [3.63, 3.8) is 0 Å². The summed E-state index contributed by atoms with van der Waals surface area (Å²) >= 11 is 0. The van der Waals surface area contributed by atoms with Gasteiger partial charge in [0, 0.05) is 12.2 Å². The molecule has 0 N–H and O–H groups in total. The lowest BCUT2D eigenvalue weighted by molar-refractivity contribution is 0.984. The van der Waals surface area contributed by atoms with Crippen LogP contribution in [0.5, 0.6) is 0 Å². The van der Waals surface area contributed by atoms with Crippen LogP contribution in [0.4, 0.5) is 11.5 Å². The zero-order valence-corrected chi connectivity index (χ0v) is 10.6. The molecule has 90 valence electrons. The first-order valence-electron chi connectivity index (χ1n) is 5.96. The third kappa shape index (κ3) is 2.49. The second-order valence-electron chi connectivity index (χ2n) is 4.08. The molecule has 0 atom stereocenters. The normalized spacial score (nSPS) is 9.83. The number of anilines is 2. The smallest absolute Gasteiger partial charge is 0.142 e. The van der Waals surface area contributed by atoms with Crippen molar-refractivity contribution >= 4 is 11.5 Å². The van der Waals surface area contributed by atoms with Gasteiger partial charge in [-0.25, -0.2) is 4.98 Å². The topological polar surface area (TPSA) is 39.9 Å². The lowest BCUT2D eigenvalue weighted by Crippen LogP contribution is -2.17. The monoisotopic (exact) mass is 237 g/mol. The van der Waals surface area contributed by atoms with Crippen molar-refractivity contribution < 1.29 is 0 Å². The minimum Gasteiger partial charge on any atom is -0.327 e. The maximum atomic E-state index is 8.90. The van der Waals surface area contributed by atoms with E-state index in [2.05, 4.69) is 48.0 Å². The van der Waals surface area contributed by atoms with E-state index < -0.39 is 0 Å². The molecule has 0 fully saturated rings. The summed E-state index contributed by atoms with van der Waals surface area (Å²) < 4.78 is 0. The molecule has 3 heteroatoms. The summed E-state index contributed by atoms with van der Waals surface area (Å²) in [4.78, 5) is 6.42. The van der Waals surface area contributed by atoms with E-state index in [1.807, 2.05) is 18.2 Å². The first-order chi connectivity index (χ1) is 8.74. The number of nitriles is 1. The van der Waals surface area contributed by atoms with Crippen LogP contribution in [0.15, 0.2) is 42.5 Å². The number of hydrogen-bond acceptors (Lipinski definition) is 3. The van der Waals surface area contributed by atoms with Crippen molar-refractivity contribution in [2.45, 2.75) is 13.8 Å². The van der Waals surface area contributed by atoms with Crippen molar-refractivity contribution in [3.8, 4) is 6.07 Å². The third-order valence-corrected chi connectivity index (χ3v) is 2.76. The highest BCUT2D eigenvalue weighted by Crippen LogP contribution is 2.24. The minimum absolute atomic E-state index is 0.443. The average molecular weight is 237 g/mol. The highest BCUT2D eigenvalue weighted by molar-refractivity contribution is 5.61. The van der Waals surface area contributed by atoms with Crippen LogP contribution in [0.25, 0.3) is 0 Å². The lowest BCUT2D eigenvalue weighted by atomic mass is 10.2. The molecule has 1 heterocycles. The van der Waals surface area contributed by atoms with E-state index >= 15 is 0 Å². The van der Waals surface area contributed by atoms with Gasteiger partial charge in [0.05, 0.1) is 0 Å². The van der Waals surface area contributed by atoms with Crippen LogP contribution in [-0.4, -0.2) is 11.5 Å². The molecular weight excluding hydrogens is 222 g/mol. The van der Waals surface area contributed by atoms with E-state index in [1.54, 1.807) is 6.07 Å². The van der Waals surface area contributed by atoms with Crippen LogP contribution in [0, 0.1) is 18.3 Å². The van der Waals surface area contributed by atoms with Crippen LogP contribution in [-0.2, 0) is 0 Å². The largest absolute Gasteiger partial charge is 0.327 e. The Morgan fingerprint density at radius 2 is 2.00 bits per heavy atom. The molecule has 2 rings (SSSR count). The molecule has 1 aromatic heterocycles. The van der Waals surface area contributed by atoms with E-state index in [4.69, 9.17) is 5.26 Å². The number of hydrogen-bond donors (Lipinski definition) is 0. The summed E-state index contributed by atoms with van der Waals surface area (Å²) in [6.45, 7) is 4.95. The molecule has 1 aromatic carbocycles. The van der Waals surface area contributed by atoms with Crippen LogP contribution in [0.1, 0.15) is 18.2 Å². The van der Waals surface area contributed by atoms with Crippen LogP contribution < -0.4 is 4.90 Å². The van der Waals surface area contributed by atoms with Crippen LogP contribution >= 0.6 is 0 Å². The molecule has 3 nitrogen and oxygen atoms in total. The summed E-state index contributed by atoms with van der Waals surface area (Å²) in [5, 5.41) is 8.90. The Hall–Kier alpha value is -2.34. The van der Waals surface area contributed by atoms with Gasteiger partial charge in [0.25, 0.3) is 0 Å². The first-order valence-corrected chi connectivity index (χ1v) is 5.96. The van der Waals surface area contributed by atoms with Gasteiger partial charge in [0.15, 0.2) is 0 Å².